The predicted octanol–water partition coefficient (Wildman–Crippen LogP) is 8.62. The fourth-order valence-corrected chi connectivity index (χ4v) is 11.0. The van der Waals surface area contributed by atoms with Gasteiger partial charge < -0.3 is 0 Å². The molecular formula is C31H50O. The average molecular weight is 439 g/mol. The molecule has 180 valence electrons. The normalized spacial score (nSPS) is 49.6. The van der Waals surface area contributed by atoms with E-state index in [4.69, 9.17) is 0 Å². The number of hydrogen-bond donors (Lipinski definition) is 0. The molecule has 1 heteroatoms. The predicted molar refractivity (Wildman–Crippen MR) is 134 cm³/mol. The summed E-state index contributed by atoms with van der Waals surface area (Å²) in [5.41, 5.74) is 3.44. The molecule has 2 spiro atoms. The molecule has 5 aliphatic carbocycles. The smallest absolute Gasteiger partial charge is 0.138 e. The van der Waals surface area contributed by atoms with Gasteiger partial charge in [-0.15, -0.1) is 0 Å². The molecule has 0 aromatic carbocycles. The van der Waals surface area contributed by atoms with Gasteiger partial charge in [-0.05, 0) is 115 Å². The van der Waals surface area contributed by atoms with Gasteiger partial charge in [-0.1, -0.05) is 60.6 Å². The van der Waals surface area contributed by atoms with Crippen LogP contribution in [-0.2, 0) is 4.79 Å². The molecule has 0 radical (unpaired) electrons. The van der Waals surface area contributed by atoms with Crippen molar-refractivity contribution in [2.45, 2.75) is 119 Å². The number of carbonyl (C=O) groups excluding carboxylic acids is 1. The maximum Gasteiger partial charge on any atom is 0.138 e. The van der Waals surface area contributed by atoms with Gasteiger partial charge in [0, 0.05) is 11.8 Å². The lowest BCUT2D eigenvalue weighted by atomic mass is 9.42. The second kappa shape index (κ2) is 6.97. The van der Waals surface area contributed by atoms with Gasteiger partial charge in [0.05, 0.1) is 0 Å². The lowest BCUT2D eigenvalue weighted by Gasteiger charge is -2.62. The number of hydrogen-bond acceptors (Lipinski definition) is 1. The Morgan fingerprint density at radius 3 is 2.25 bits per heavy atom. The Morgan fingerprint density at radius 1 is 0.906 bits per heavy atom. The second-order valence-electron chi connectivity index (χ2n) is 14.6. The molecular weight excluding hydrogens is 388 g/mol. The molecule has 0 unspecified atom stereocenters. The molecule has 0 aliphatic heterocycles. The molecule has 0 aromatic rings. The van der Waals surface area contributed by atoms with Crippen LogP contribution in [0.1, 0.15) is 119 Å². The Morgan fingerprint density at radius 2 is 1.56 bits per heavy atom. The van der Waals surface area contributed by atoms with Crippen molar-refractivity contribution in [1.82, 2.24) is 0 Å². The van der Waals surface area contributed by atoms with Crippen LogP contribution in [0.4, 0.5) is 0 Å². The molecule has 32 heavy (non-hydrogen) atoms. The highest BCUT2D eigenvalue weighted by Gasteiger charge is 2.82. The summed E-state index contributed by atoms with van der Waals surface area (Å²) in [6, 6.07) is 0. The van der Waals surface area contributed by atoms with Gasteiger partial charge in [-0.3, -0.25) is 4.79 Å². The van der Waals surface area contributed by atoms with Crippen LogP contribution in [0.25, 0.3) is 0 Å². The molecule has 0 saturated heterocycles. The zero-order valence-electron chi connectivity index (χ0n) is 22.3. The van der Waals surface area contributed by atoms with E-state index < -0.39 is 0 Å². The molecule has 8 atom stereocenters. The third-order valence-electron chi connectivity index (χ3n) is 13.3. The highest BCUT2D eigenvalue weighted by atomic mass is 16.1. The molecule has 5 rings (SSSR count). The van der Waals surface area contributed by atoms with Crippen molar-refractivity contribution < 1.29 is 4.79 Å². The van der Waals surface area contributed by atoms with E-state index in [9.17, 15) is 4.79 Å². The summed E-state index contributed by atoms with van der Waals surface area (Å²) < 4.78 is 0. The summed E-state index contributed by atoms with van der Waals surface area (Å²) in [5, 5.41) is 0. The van der Waals surface area contributed by atoms with Crippen LogP contribution in [0.5, 0.6) is 0 Å². The van der Waals surface area contributed by atoms with Crippen molar-refractivity contribution in [2.24, 2.45) is 56.7 Å². The number of Topliss-reactive ketones (excluding diaryl/α,β-unsaturated/α-hetero) is 1. The molecule has 0 aromatic heterocycles. The van der Waals surface area contributed by atoms with Gasteiger partial charge in [0.15, 0.2) is 0 Å². The SMILES string of the molecule is C=C(CC[C@@H](C)[C@H]1CC[C@@]2(C)[C@@H]3CC[C@H]4C(C)(C)C(=O)CC[C@@]45C[C@@]35CC[C@]12C)C(C)C. The number of carbonyl (C=O) groups is 1. The number of allylic oxidation sites excluding steroid dienone is 1. The number of ketones is 1. The number of rotatable bonds is 5. The Hall–Kier alpha value is -0.590. The number of fused-ring (bicyclic) bond motifs is 2. The molecule has 1 nitrogen and oxygen atoms in total. The van der Waals surface area contributed by atoms with E-state index in [-0.39, 0.29) is 5.41 Å². The van der Waals surface area contributed by atoms with E-state index in [1.807, 2.05) is 0 Å². The van der Waals surface area contributed by atoms with Gasteiger partial charge in [0.25, 0.3) is 0 Å². The van der Waals surface area contributed by atoms with Gasteiger partial charge in [0.1, 0.15) is 5.78 Å². The lowest BCUT2D eigenvalue weighted by Crippen LogP contribution is -2.57. The molecule has 0 amide bonds. The van der Waals surface area contributed by atoms with Gasteiger partial charge in [-0.2, -0.15) is 0 Å². The molecule has 0 heterocycles. The van der Waals surface area contributed by atoms with E-state index in [0.717, 1.165) is 24.2 Å². The van der Waals surface area contributed by atoms with Crippen molar-refractivity contribution in [3.63, 3.8) is 0 Å². The van der Waals surface area contributed by atoms with Gasteiger partial charge >= 0.3 is 0 Å². The van der Waals surface area contributed by atoms with E-state index in [2.05, 4.69) is 55.0 Å². The van der Waals surface area contributed by atoms with Crippen LogP contribution in [0.3, 0.4) is 0 Å². The van der Waals surface area contributed by atoms with Crippen LogP contribution >= 0.6 is 0 Å². The van der Waals surface area contributed by atoms with E-state index in [0.29, 0.717) is 39.3 Å². The Kier molecular flexibility index (Phi) is 5.05. The summed E-state index contributed by atoms with van der Waals surface area (Å²) in [6.45, 7) is 21.5. The Labute approximate surface area is 198 Å². The maximum atomic E-state index is 12.8. The van der Waals surface area contributed by atoms with Gasteiger partial charge in [-0.25, -0.2) is 0 Å². The van der Waals surface area contributed by atoms with Crippen molar-refractivity contribution >= 4 is 5.78 Å². The second-order valence-corrected chi connectivity index (χ2v) is 14.6. The molecule has 0 N–H and O–H groups in total. The van der Waals surface area contributed by atoms with Gasteiger partial charge in [0.2, 0.25) is 0 Å². The molecule has 5 saturated carbocycles. The van der Waals surface area contributed by atoms with Crippen LogP contribution in [0, 0.1) is 56.7 Å². The summed E-state index contributed by atoms with van der Waals surface area (Å²) in [5.74, 6) is 4.41. The standard InChI is InChI=1S/C31H50O/c1-20(2)21(3)9-10-22(4)23-13-15-29(8)25-12-11-24-27(5,6)26(32)14-16-30(24)19-31(25,30)18-17-28(23,29)7/h20,22-25H,3,9-19H2,1-2,4-8H3/t22-,23-,24+,25+,28-,29+,30-,31+/m1/s1. The first-order valence-electron chi connectivity index (χ1n) is 14.1. The first-order valence-corrected chi connectivity index (χ1v) is 14.1. The summed E-state index contributed by atoms with van der Waals surface area (Å²) in [6.07, 6.45) is 14.5. The quantitative estimate of drug-likeness (QED) is 0.393. The van der Waals surface area contributed by atoms with Crippen molar-refractivity contribution in [3.8, 4) is 0 Å². The van der Waals surface area contributed by atoms with Crippen LogP contribution in [-0.4, -0.2) is 5.78 Å². The fourth-order valence-electron chi connectivity index (χ4n) is 11.0. The molecule has 0 bridgehead atoms. The van der Waals surface area contributed by atoms with Crippen molar-refractivity contribution in [2.75, 3.05) is 0 Å². The Bertz CT molecular complexity index is 820. The topological polar surface area (TPSA) is 17.1 Å². The van der Waals surface area contributed by atoms with Crippen LogP contribution in [0.2, 0.25) is 0 Å². The van der Waals surface area contributed by atoms with Crippen molar-refractivity contribution in [3.05, 3.63) is 12.2 Å². The largest absolute Gasteiger partial charge is 0.299 e. The molecule has 5 aliphatic rings. The Balaban J connectivity index is 1.39. The molecule has 5 fully saturated rings. The zero-order valence-corrected chi connectivity index (χ0v) is 22.3. The lowest BCUT2D eigenvalue weighted by molar-refractivity contribution is -0.157. The highest BCUT2D eigenvalue weighted by Crippen LogP contribution is 2.88. The van der Waals surface area contributed by atoms with Crippen LogP contribution in [0.15, 0.2) is 12.2 Å². The minimum atomic E-state index is -0.0834. The summed E-state index contributed by atoms with van der Waals surface area (Å²) in [4.78, 5) is 12.8. The summed E-state index contributed by atoms with van der Waals surface area (Å²) in [7, 11) is 0. The van der Waals surface area contributed by atoms with E-state index in [1.54, 1.807) is 0 Å². The zero-order chi connectivity index (χ0) is 23.3. The summed E-state index contributed by atoms with van der Waals surface area (Å²) >= 11 is 0. The third-order valence-corrected chi connectivity index (χ3v) is 13.3. The minimum Gasteiger partial charge on any atom is -0.299 e. The highest BCUT2D eigenvalue weighted by molar-refractivity contribution is 5.86. The third kappa shape index (κ3) is 2.66. The van der Waals surface area contributed by atoms with Crippen molar-refractivity contribution in [1.29, 1.82) is 0 Å². The monoisotopic (exact) mass is 438 g/mol. The average Bonchev–Trinajstić information content (AvgIpc) is 3.31. The first kappa shape index (κ1) is 23.2. The van der Waals surface area contributed by atoms with Crippen LogP contribution < -0.4 is 0 Å². The maximum absolute atomic E-state index is 12.8. The minimum absolute atomic E-state index is 0.0834. The first-order chi connectivity index (χ1) is 14.9. The van der Waals surface area contributed by atoms with E-state index in [1.165, 1.54) is 69.8 Å². The van der Waals surface area contributed by atoms with E-state index >= 15 is 0 Å². The fraction of sp³-hybridized carbons (Fsp3) is 0.903.